The number of amides is 1. The molecule has 1 heterocycles. The number of carbonyl (C=O) groups excluding carboxylic acids is 1. The molecule has 0 radical (unpaired) electrons. The number of aromatic nitrogens is 1. The number of carbonyl (C=O) groups is 1. The number of hydrogen-bond donors (Lipinski definition) is 1. The average molecular weight is 385 g/mol. The summed E-state index contributed by atoms with van der Waals surface area (Å²) < 4.78 is 15.9. The quantitative estimate of drug-likeness (QED) is 0.790. The molecule has 0 fully saturated rings. The first-order chi connectivity index (χ1) is 11.9. The highest BCUT2D eigenvalue weighted by molar-refractivity contribution is 6.35. The van der Waals surface area contributed by atoms with E-state index >= 15 is 0 Å². The van der Waals surface area contributed by atoms with E-state index in [-0.39, 0.29) is 16.8 Å². The smallest absolute Gasteiger partial charge is 0.261 e. The molecule has 0 aliphatic heterocycles. The van der Waals surface area contributed by atoms with Crippen LogP contribution in [0, 0.1) is 0 Å². The van der Waals surface area contributed by atoms with Crippen LogP contribution in [0.1, 0.15) is 12.5 Å². The van der Waals surface area contributed by atoms with Gasteiger partial charge in [-0.2, -0.15) is 0 Å². The molecule has 134 valence electrons. The van der Waals surface area contributed by atoms with Gasteiger partial charge < -0.3 is 19.5 Å². The molecule has 0 saturated carbocycles. The molecule has 1 N–H and O–H groups in total. The Morgan fingerprint density at radius 3 is 2.56 bits per heavy atom. The molecule has 6 nitrogen and oxygen atoms in total. The van der Waals surface area contributed by atoms with Crippen LogP contribution in [0.5, 0.6) is 17.4 Å². The molecular formula is C17H18Cl2N2O4. The van der Waals surface area contributed by atoms with Gasteiger partial charge in [0.15, 0.2) is 17.6 Å². The molecule has 25 heavy (non-hydrogen) atoms. The minimum absolute atomic E-state index is 0.153. The van der Waals surface area contributed by atoms with Crippen LogP contribution in [0.25, 0.3) is 0 Å². The number of ether oxygens (including phenoxy) is 3. The van der Waals surface area contributed by atoms with E-state index in [0.29, 0.717) is 23.1 Å². The third-order valence-corrected chi connectivity index (χ3v) is 3.82. The Kier molecular flexibility index (Phi) is 6.73. The summed E-state index contributed by atoms with van der Waals surface area (Å²) in [5, 5.41) is 3.42. The van der Waals surface area contributed by atoms with Crippen molar-refractivity contribution >= 4 is 29.1 Å². The maximum atomic E-state index is 12.2. The molecule has 1 amide bonds. The standard InChI is InChI=1S/C17H18Cl2N2O4/c1-10(25-17-13(19)7-12(18)9-21-17)16(22)20-8-11-4-5-14(23-2)15(6-11)24-3/h4-7,9-10H,8H2,1-3H3,(H,20,22). The van der Waals surface area contributed by atoms with Crippen molar-refractivity contribution in [2.24, 2.45) is 0 Å². The lowest BCUT2D eigenvalue weighted by atomic mass is 10.2. The number of pyridine rings is 1. The van der Waals surface area contributed by atoms with Crippen LogP contribution < -0.4 is 19.5 Å². The highest BCUT2D eigenvalue weighted by atomic mass is 35.5. The lowest BCUT2D eigenvalue weighted by Gasteiger charge is -2.15. The Bertz CT molecular complexity index is 755. The van der Waals surface area contributed by atoms with Gasteiger partial charge >= 0.3 is 0 Å². The maximum Gasteiger partial charge on any atom is 0.261 e. The van der Waals surface area contributed by atoms with Gasteiger partial charge in [-0.15, -0.1) is 0 Å². The third-order valence-electron chi connectivity index (χ3n) is 3.35. The van der Waals surface area contributed by atoms with Crippen molar-refractivity contribution in [3.63, 3.8) is 0 Å². The molecule has 1 aromatic heterocycles. The molecule has 0 aliphatic carbocycles. The second-order valence-electron chi connectivity index (χ2n) is 5.11. The van der Waals surface area contributed by atoms with E-state index in [0.717, 1.165) is 5.56 Å². The Morgan fingerprint density at radius 1 is 1.20 bits per heavy atom. The van der Waals surface area contributed by atoms with Crippen LogP contribution in [0.15, 0.2) is 30.5 Å². The van der Waals surface area contributed by atoms with Crippen LogP contribution in [0.2, 0.25) is 10.0 Å². The van der Waals surface area contributed by atoms with Gasteiger partial charge in [0, 0.05) is 12.7 Å². The number of methoxy groups -OCH3 is 2. The van der Waals surface area contributed by atoms with Crippen LogP contribution in [-0.2, 0) is 11.3 Å². The predicted octanol–water partition coefficient (Wildman–Crippen LogP) is 3.49. The van der Waals surface area contributed by atoms with E-state index < -0.39 is 6.10 Å². The summed E-state index contributed by atoms with van der Waals surface area (Å²) in [6, 6.07) is 6.91. The van der Waals surface area contributed by atoms with Gasteiger partial charge in [0.05, 0.1) is 19.2 Å². The maximum absolute atomic E-state index is 12.2. The van der Waals surface area contributed by atoms with Crippen LogP contribution >= 0.6 is 23.2 Å². The fourth-order valence-corrected chi connectivity index (χ4v) is 2.46. The van der Waals surface area contributed by atoms with E-state index in [1.807, 2.05) is 6.07 Å². The summed E-state index contributed by atoms with van der Waals surface area (Å²) in [5.74, 6) is 1.07. The van der Waals surface area contributed by atoms with Crippen LogP contribution in [-0.4, -0.2) is 31.2 Å². The topological polar surface area (TPSA) is 69.7 Å². The van der Waals surface area contributed by atoms with Crippen molar-refractivity contribution in [3.05, 3.63) is 46.1 Å². The van der Waals surface area contributed by atoms with Crippen LogP contribution in [0.4, 0.5) is 0 Å². The van der Waals surface area contributed by atoms with Gasteiger partial charge in [-0.05, 0) is 30.7 Å². The molecule has 1 aromatic carbocycles. The van der Waals surface area contributed by atoms with Crippen molar-refractivity contribution in [2.75, 3.05) is 14.2 Å². The second-order valence-corrected chi connectivity index (χ2v) is 5.95. The minimum Gasteiger partial charge on any atom is -0.493 e. The van der Waals surface area contributed by atoms with E-state index in [9.17, 15) is 4.79 Å². The number of halogens is 2. The molecule has 0 spiro atoms. The Labute approximate surface area is 156 Å². The van der Waals surface area contributed by atoms with Crippen molar-refractivity contribution in [3.8, 4) is 17.4 Å². The first-order valence-corrected chi connectivity index (χ1v) is 8.16. The highest BCUT2D eigenvalue weighted by Crippen LogP contribution is 2.27. The first-order valence-electron chi connectivity index (χ1n) is 7.41. The van der Waals surface area contributed by atoms with E-state index in [1.54, 1.807) is 33.3 Å². The molecule has 1 atom stereocenters. The normalized spacial score (nSPS) is 11.6. The summed E-state index contributed by atoms with van der Waals surface area (Å²) in [7, 11) is 3.12. The summed E-state index contributed by atoms with van der Waals surface area (Å²) in [4.78, 5) is 16.2. The first kappa shape index (κ1) is 19.1. The monoisotopic (exact) mass is 384 g/mol. The van der Waals surface area contributed by atoms with Crippen molar-refractivity contribution in [1.29, 1.82) is 0 Å². The van der Waals surface area contributed by atoms with Crippen molar-refractivity contribution in [1.82, 2.24) is 10.3 Å². The molecular weight excluding hydrogens is 367 g/mol. The average Bonchev–Trinajstić information content (AvgIpc) is 2.61. The Balaban J connectivity index is 1.95. The fourth-order valence-electron chi connectivity index (χ4n) is 2.03. The molecule has 1 unspecified atom stereocenters. The highest BCUT2D eigenvalue weighted by Gasteiger charge is 2.17. The molecule has 8 heteroatoms. The van der Waals surface area contributed by atoms with Gasteiger partial charge in [0.1, 0.15) is 5.02 Å². The third kappa shape index (κ3) is 5.14. The zero-order valence-corrected chi connectivity index (χ0v) is 15.5. The fraction of sp³-hybridized carbons (Fsp3) is 0.294. The molecule has 2 aromatic rings. The predicted molar refractivity (Wildman–Crippen MR) is 95.7 cm³/mol. The minimum atomic E-state index is -0.772. The van der Waals surface area contributed by atoms with Crippen molar-refractivity contribution in [2.45, 2.75) is 19.6 Å². The number of nitrogens with one attached hydrogen (secondary N) is 1. The molecule has 0 aliphatic rings. The largest absolute Gasteiger partial charge is 0.493 e. The summed E-state index contributed by atoms with van der Waals surface area (Å²) in [6.07, 6.45) is 0.628. The number of rotatable bonds is 7. The van der Waals surface area contributed by atoms with Gasteiger partial charge in [0.25, 0.3) is 5.91 Å². The number of nitrogens with zero attached hydrogens (tertiary/aromatic N) is 1. The van der Waals surface area contributed by atoms with Crippen LogP contribution in [0.3, 0.4) is 0 Å². The van der Waals surface area contributed by atoms with Gasteiger partial charge in [-0.25, -0.2) is 4.98 Å². The second kappa shape index (κ2) is 8.78. The number of hydrogen-bond acceptors (Lipinski definition) is 5. The summed E-state index contributed by atoms with van der Waals surface area (Å²) >= 11 is 11.8. The molecule has 0 bridgehead atoms. The van der Waals surface area contributed by atoms with Crippen molar-refractivity contribution < 1.29 is 19.0 Å². The van der Waals surface area contributed by atoms with Gasteiger partial charge in [-0.1, -0.05) is 29.3 Å². The van der Waals surface area contributed by atoms with E-state index in [2.05, 4.69) is 10.3 Å². The SMILES string of the molecule is COc1ccc(CNC(=O)C(C)Oc2ncc(Cl)cc2Cl)cc1OC. The summed E-state index contributed by atoms with van der Waals surface area (Å²) in [5.41, 5.74) is 0.862. The Morgan fingerprint density at radius 2 is 1.92 bits per heavy atom. The van der Waals surface area contributed by atoms with Gasteiger partial charge in [0.2, 0.25) is 5.88 Å². The molecule has 0 saturated heterocycles. The zero-order chi connectivity index (χ0) is 18.4. The van der Waals surface area contributed by atoms with E-state index in [1.165, 1.54) is 12.3 Å². The van der Waals surface area contributed by atoms with E-state index in [4.69, 9.17) is 37.4 Å². The number of benzene rings is 1. The van der Waals surface area contributed by atoms with Gasteiger partial charge in [-0.3, -0.25) is 4.79 Å². The lowest BCUT2D eigenvalue weighted by molar-refractivity contribution is -0.127. The zero-order valence-electron chi connectivity index (χ0n) is 14.0. The lowest BCUT2D eigenvalue weighted by Crippen LogP contribution is -2.36. The Hall–Kier alpha value is -2.18. The summed E-state index contributed by atoms with van der Waals surface area (Å²) in [6.45, 7) is 1.92. The molecule has 2 rings (SSSR count).